The number of hydrogen-bond acceptors (Lipinski definition) is 5. The van der Waals surface area contributed by atoms with Gasteiger partial charge in [0.2, 0.25) is 5.91 Å². The lowest BCUT2D eigenvalue weighted by atomic mass is 9.78. The number of carbonyl (C=O) groups excluding carboxylic acids is 2. The molecule has 3 aliphatic rings. The third kappa shape index (κ3) is 4.41. The van der Waals surface area contributed by atoms with Gasteiger partial charge in [0.25, 0.3) is 0 Å². The Morgan fingerprint density at radius 2 is 1.97 bits per heavy atom. The summed E-state index contributed by atoms with van der Waals surface area (Å²) in [6.07, 6.45) is 5.24. The minimum absolute atomic E-state index is 0.253. The lowest BCUT2D eigenvalue weighted by Gasteiger charge is -2.41. The van der Waals surface area contributed by atoms with Crippen LogP contribution in [-0.4, -0.2) is 62.4 Å². The highest BCUT2D eigenvalue weighted by Crippen LogP contribution is 2.43. The first-order valence-electron chi connectivity index (χ1n) is 11.3. The van der Waals surface area contributed by atoms with Gasteiger partial charge in [-0.2, -0.15) is 0 Å². The monoisotopic (exact) mass is 415 g/mol. The van der Waals surface area contributed by atoms with E-state index in [-0.39, 0.29) is 5.41 Å². The first-order chi connectivity index (χ1) is 14.6. The highest BCUT2D eigenvalue weighted by molar-refractivity contribution is 5.86. The summed E-state index contributed by atoms with van der Waals surface area (Å²) >= 11 is 0. The maximum Gasteiger partial charge on any atom is 0.411 e. The van der Waals surface area contributed by atoms with Crippen LogP contribution >= 0.6 is 0 Å². The number of rotatable bonds is 5. The second kappa shape index (κ2) is 9.25. The van der Waals surface area contributed by atoms with Crippen LogP contribution in [-0.2, 0) is 14.3 Å². The van der Waals surface area contributed by atoms with Gasteiger partial charge in [-0.25, -0.2) is 4.79 Å². The van der Waals surface area contributed by atoms with E-state index in [4.69, 9.17) is 9.47 Å². The van der Waals surface area contributed by atoms with Crippen molar-refractivity contribution in [2.75, 3.05) is 49.7 Å². The maximum absolute atomic E-state index is 13.4. The van der Waals surface area contributed by atoms with Crippen LogP contribution in [0.4, 0.5) is 16.2 Å². The number of nitrogens with one attached hydrogen (secondary N) is 1. The summed E-state index contributed by atoms with van der Waals surface area (Å²) in [6.45, 7) is 6.51. The van der Waals surface area contributed by atoms with Gasteiger partial charge < -0.3 is 19.3 Å². The van der Waals surface area contributed by atoms with Gasteiger partial charge in [0.15, 0.2) is 0 Å². The molecular weight excluding hydrogens is 382 g/mol. The van der Waals surface area contributed by atoms with E-state index in [1.54, 1.807) is 0 Å². The molecule has 1 spiro atoms. The normalized spacial score (nSPS) is 25.0. The number of anilines is 2. The van der Waals surface area contributed by atoms with Crippen molar-refractivity contribution in [3.63, 3.8) is 0 Å². The molecule has 0 radical (unpaired) electrons. The molecule has 2 amide bonds. The van der Waals surface area contributed by atoms with Gasteiger partial charge in [0.05, 0.1) is 12.0 Å². The van der Waals surface area contributed by atoms with Crippen molar-refractivity contribution in [1.82, 2.24) is 4.90 Å². The van der Waals surface area contributed by atoms with Crippen LogP contribution in [0.3, 0.4) is 0 Å². The number of carbonyl (C=O) groups is 2. The van der Waals surface area contributed by atoms with Crippen molar-refractivity contribution in [1.29, 1.82) is 0 Å². The third-order valence-corrected chi connectivity index (χ3v) is 6.67. The minimum atomic E-state index is -0.425. The summed E-state index contributed by atoms with van der Waals surface area (Å²) in [5.74, 6) is 0.344. The molecule has 1 atom stereocenters. The molecule has 1 aromatic carbocycles. The zero-order valence-corrected chi connectivity index (χ0v) is 17.9. The molecule has 0 bridgehead atoms. The first kappa shape index (κ1) is 21.0. The largest absolute Gasteiger partial charge is 0.449 e. The fourth-order valence-corrected chi connectivity index (χ4v) is 5.03. The molecule has 164 valence electrons. The predicted molar refractivity (Wildman–Crippen MR) is 116 cm³/mol. The fourth-order valence-electron chi connectivity index (χ4n) is 5.03. The summed E-state index contributed by atoms with van der Waals surface area (Å²) in [4.78, 5) is 29.6. The number of piperidine rings is 1. The zero-order chi connectivity index (χ0) is 21.0. The van der Waals surface area contributed by atoms with Crippen LogP contribution < -0.4 is 10.2 Å². The number of hydrogen-bond donors (Lipinski definition) is 1. The van der Waals surface area contributed by atoms with E-state index in [0.29, 0.717) is 24.2 Å². The molecule has 3 saturated heterocycles. The van der Waals surface area contributed by atoms with Crippen LogP contribution in [0.1, 0.15) is 45.4 Å². The van der Waals surface area contributed by atoms with Crippen molar-refractivity contribution in [3.05, 3.63) is 24.3 Å². The summed E-state index contributed by atoms with van der Waals surface area (Å²) in [7, 11) is 0. The number of amides is 2. The smallest absolute Gasteiger partial charge is 0.411 e. The molecule has 7 heteroatoms. The van der Waals surface area contributed by atoms with E-state index in [0.717, 1.165) is 77.1 Å². The average Bonchev–Trinajstić information content (AvgIpc) is 3.09. The molecule has 1 aromatic rings. The summed E-state index contributed by atoms with van der Waals surface area (Å²) < 4.78 is 10.5. The molecule has 0 aliphatic carbocycles. The number of benzene rings is 1. The first-order valence-corrected chi connectivity index (χ1v) is 11.3. The zero-order valence-electron chi connectivity index (χ0n) is 17.9. The van der Waals surface area contributed by atoms with Gasteiger partial charge in [-0.3, -0.25) is 10.1 Å². The molecule has 7 nitrogen and oxygen atoms in total. The van der Waals surface area contributed by atoms with Crippen LogP contribution in [0.25, 0.3) is 0 Å². The minimum Gasteiger partial charge on any atom is -0.449 e. The summed E-state index contributed by atoms with van der Waals surface area (Å²) in [5, 5.41) is 2.75. The Morgan fingerprint density at radius 1 is 1.20 bits per heavy atom. The highest BCUT2D eigenvalue weighted by Gasteiger charge is 2.50. The molecule has 0 aromatic heterocycles. The van der Waals surface area contributed by atoms with E-state index in [1.165, 1.54) is 0 Å². The van der Waals surface area contributed by atoms with Crippen molar-refractivity contribution in [3.8, 4) is 0 Å². The van der Waals surface area contributed by atoms with Gasteiger partial charge in [-0.05, 0) is 62.8 Å². The lowest BCUT2D eigenvalue weighted by molar-refractivity contribution is -0.139. The summed E-state index contributed by atoms with van der Waals surface area (Å²) in [6, 6.07) is 8.18. The standard InChI is InChI=1S/C23H33N3O4/c1-2-14-30-22(28)24-18-4-6-19(7-5-18)25-12-3-10-23(17-25)11-13-26(21(23)27)20-8-15-29-16-9-20/h4-7,20H,2-3,8-17H2,1H3,(H,24,28)/t23-/m1/s1. The fraction of sp³-hybridized carbons (Fsp3) is 0.652. The predicted octanol–water partition coefficient (Wildman–Crippen LogP) is 3.64. The van der Waals surface area contributed by atoms with Gasteiger partial charge in [0.1, 0.15) is 0 Å². The number of nitrogens with zero attached hydrogens (tertiary/aromatic N) is 2. The SMILES string of the molecule is CCCOC(=O)Nc1ccc(N2CCC[C@@]3(CCN(C4CCOCC4)C3=O)C2)cc1. The van der Waals surface area contributed by atoms with Crippen molar-refractivity contribution >= 4 is 23.4 Å². The van der Waals surface area contributed by atoms with Gasteiger partial charge >= 0.3 is 6.09 Å². The molecule has 0 unspecified atom stereocenters. The molecule has 30 heavy (non-hydrogen) atoms. The quantitative estimate of drug-likeness (QED) is 0.795. The van der Waals surface area contributed by atoms with E-state index in [1.807, 2.05) is 31.2 Å². The van der Waals surface area contributed by atoms with Crippen LogP contribution in [0.2, 0.25) is 0 Å². The Bertz CT molecular complexity index is 747. The molecule has 4 rings (SSSR count). The van der Waals surface area contributed by atoms with E-state index >= 15 is 0 Å². The topological polar surface area (TPSA) is 71.1 Å². The lowest BCUT2D eigenvalue weighted by Crippen LogP contribution is -2.50. The molecule has 3 aliphatic heterocycles. The summed E-state index contributed by atoms with van der Waals surface area (Å²) in [5.41, 5.74) is 1.56. The van der Waals surface area contributed by atoms with E-state index in [2.05, 4.69) is 15.1 Å². The van der Waals surface area contributed by atoms with Gasteiger partial charge in [0, 0.05) is 50.3 Å². The number of ether oxygens (including phenoxy) is 2. The maximum atomic E-state index is 13.4. The third-order valence-electron chi connectivity index (χ3n) is 6.67. The Balaban J connectivity index is 1.39. The Morgan fingerprint density at radius 3 is 2.70 bits per heavy atom. The Labute approximate surface area is 178 Å². The molecule has 3 heterocycles. The van der Waals surface area contributed by atoms with Gasteiger partial charge in [-0.1, -0.05) is 6.92 Å². The second-order valence-electron chi connectivity index (χ2n) is 8.71. The Hall–Kier alpha value is -2.28. The van der Waals surface area contributed by atoms with E-state index in [9.17, 15) is 9.59 Å². The average molecular weight is 416 g/mol. The molecule has 0 saturated carbocycles. The van der Waals surface area contributed by atoms with E-state index < -0.39 is 6.09 Å². The van der Waals surface area contributed by atoms with Crippen molar-refractivity contribution in [2.45, 2.75) is 51.5 Å². The van der Waals surface area contributed by atoms with Gasteiger partial charge in [-0.15, -0.1) is 0 Å². The highest BCUT2D eigenvalue weighted by atomic mass is 16.5. The molecular formula is C23H33N3O4. The molecule has 3 fully saturated rings. The second-order valence-corrected chi connectivity index (χ2v) is 8.71. The Kier molecular flexibility index (Phi) is 6.46. The number of likely N-dealkylation sites (tertiary alicyclic amines) is 1. The van der Waals surface area contributed by atoms with Crippen LogP contribution in [0.15, 0.2) is 24.3 Å². The van der Waals surface area contributed by atoms with Crippen LogP contribution in [0.5, 0.6) is 0 Å². The van der Waals surface area contributed by atoms with Crippen molar-refractivity contribution < 1.29 is 19.1 Å². The van der Waals surface area contributed by atoms with Crippen LogP contribution in [0, 0.1) is 5.41 Å². The molecule has 1 N–H and O–H groups in total. The van der Waals surface area contributed by atoms with Crippen molar-refractivity contribution in [2.24, 2.45) is 5.41 Å².